The number of methoxy groups -OCH3 is 2. The number of ether oxygens (including phenoxy) is 3. The van der Waals surface area contributed by atoms with Gasteiger partial charge in [-0.25, -0.2) is 5.43 Å². The van der Waals surface area contributed by atoms with E-state index in [1.165, 1.54) is 20.4 Å². The van der Waals surface area contributed by atoms with Gasteiger partial charge in [-0.3, -0.25) is 4.79 Å². The summed E-state index contributed by atoms with van der Waals surface area (Å²) < 4.78 is 15.6. The minimum absolute atomic E-state index is 0.0990. The zero-order valence-corrected chi connectivity index (χ0v) is 15.2. The second-order valence-electron chi connectivity index (χ2n) is 5.62. The van der Waals surface area contributed by atoms with Crippen LogP contribution in [-0.4, -0.2) is 38.1 Å². The highest BCUT2D eigenvalue weighted by atomic mass is 16.5. The van der Waals surface area contributed by atoms with Gasteiger partial charge in [-0.15, -0.1) is 0 Å². The van der Waals surface area contributed by atoms with E-state index in [4.69, 9.17) is 14.2 Å². The Balaban J connectivity index is 1.95. The molecule has 0 unspecified atom stereocenters. The maximum Gasteiger partial charge on any atom is 0.277 e. The Hall–Kier alpha value is -3.22. The van der Waals surface area contributed by atoms with Crippen molar-refractivity contribution in [2.24, 2.45) is 5.10 Å². The fraction of sp³-hybridized carbons (Fsp3) is 0.263. The lowest BCUT2D eigenvalue weighted by atomic mass is 10.1. The smallest absolute Gasteiger partial charge is 0.277 e. The molecule has 0 heterocycles. The Labute approximate surface area is 152 Å². The number of carbonyl (C=O) groups is 1. The Morgan fingerprint density at radius 3 is 2.38 bits per heavy atom. The van der Waals surface area contributed by atoms with Crippen LogP contribution >= 0.6 is 0 Å². The third-order valence-electron chi connectivity index (χ3n) is 3.61. The lowest BCUT2D eigenvalue weighted by Gasteiger charge is -2.09. The molecule has 0 radical (unpaired) electrons. The summed E-state index contributed by atoms with van der Waals surface area (Å²) in [5, 5.41) is 13.7. The van der Waals surface area contributed by atoms with Crippen molar-refractivity contribution in [3.8, 4) is 23.0 Å². The molecule has 7 nitrogen and oxygen atoms in total. The van der Waals surface area contributed by atoms with Gasteiger partial charge in [0.2, 0.25) is 5.75 Å². The van der Waals surface area contributed by atoms with E-state index in [1.807, 2.05) is 32.0 Å². The molecule has 7 heteroatoms. The van der Waals surface area contributed by atoms with Gasteiger partial charge in [0, 0.05) is 5.56 Å². The molecule has 2 aromatic rings. The van der Waals surface area contributed by atoms with Crippen molar-refractivity contribution >= 4 is 12.1 Å². The third-order valence-corrected chi connectivity index (χ3v) is 3.61. The second kappa shape index (κ2) is 8.75. The van der Waals surface area contributed by atoms with Gasteiger partial charge in [-0.2, -0.15) is 5.10 Å². The molecule has 0 aliphatic rings. The zero-order valence-electron chi connectivity index (χ0n) is 15.2. The molecular formula is C19H22N2O5. The highest BCUT2D eigenvalue weighted by Gasteiger charge is 2.10. The van der Waals surface area contributed by atoms with Crippen LogP contribution in [0.1, 0.15) is 16.7 Å². The first-order chi connectivity index (χ1) is 12.4. The molecule has 0 spiro atoms. The second-order valence-corrected chi connectivity index (χ2v) is 5.62. The fourth-order valence-corrected chi connectivity index (χ4v) is 2.21. The van der Waals surface area contributed by atoms with E-state index in [-0.39, 0.29) is 29.8 Å². The number of hydrazone groups is 1. The Bertz CT molecular complexity index is 793. The first-order valence-electron chi connectivity index (χ1n) is 7.91. The Kier molecular flexibility index (Phi) is 6.43. The van der Waals surface area contributed by atoms with Gasteiger partial charge in [0.05, 0.1) is 20.4 Å². The van der Waals surface area contributed by atoms with Gasteiger partial charge >= 0.3 is 0 Å². The van der Waals surface area contributed by atoms with Crippen molar-refractivity contribution in [1.82, 2.24) is 5.43 Å². The number of benzene rings is 2. The van der Waals surface area contributed by atoms with E-state index in [0.29, 0.717) is 11.3 Å². The van der Waals surface area contributed by atoms with Crippen molar-refractivity contribution in [3.05, 3.63) is 47.0 Å². The number of carbonyl (C=O) groups excluding carboxylic acids is 1. The van der Waals surface area contributed by atoms with Crippen molar-refractivity contribution < 1.29 is 24.1 Å². The number of nitrogens with zero attached hydrogens (tertiary/aromatic N) is 1. The normalized spacial score (nSPS) is 10.6. The van der Waals surface area contributed by atoms with Crippen molar-refractivity contribution in [1.29, 1.82) is 0 Å². The summed E-state index contributed by atoms with van der Waals surface area (Å²) in [6.45, 7) is 3.72. The monoisotopic (exact) mass is 358 g/mol. The number of phenolic OH excluding ortho intramolecular Hbond substituents is 1. The van der Waals surface area contributed by atoms with Crippen LogP contribution in [0.4, 0.5) is 0 Å². The molecule has 0 aliphatic heterocycles. The van der Waals surface area contributed by atoms with Gasteiger partial charge < -0.3 is 19.3 Å². The number of hydrogen-bond donors (Lipinski definition) is 2. The Morgan fingerprint density at radius 1 is 1.12 bits per heavy atom. The number of amides is 1. The van der Waals surface area contributed by atoms with Gasteiger partial charge in [-0.1, -0.05) is 12.1 Å². The molecule has 0 aliphatic carbocycles. The van der Waals surface area contributed by atoms with E-state index in [1.54, 1.807) is 12.1 Å². The van der Waals surface area contributed by atoms with E-state index in [0.717, 1.165) is 11.1 Å². The first kappa shape index (κ1) is 19.1. The highest BCUT2D eigenvalue weighted by Crippen LogP contribution is 2.36. The maximum absolute atomic E-state index is 11.9. The summed E-state index contributed by atoms with van der Waals surface area (Å²) in [5.41, 5.74) is 4.99. The number of hydrogen-bond acceptors (Lipinski definition) is 6. The van der Waals surface area contributed by atoms with E-state index in [2.05, 4.69) is 10.5 Å². The van der Waals surface area contributed by atoms with Crippen LogP contribution in [0.15, 0.2) is 35.4 Å². The minimum Gasteiger partial charge on any atom is -0.502 e. The standard InChI is InChI=1S/C19H22N2O5/c1-12-5-6-13(2)15(7-12)26-11-18(22)21-20-10-14-8-16(24-3)19(23)17(9-14)25-4/h5-10,23H,11H2,1-4H3,(H,21,22). The molecule has 0 fully saturated rings. The fourth-order valence-electron chi connectivity index (χ4n) is 2.21. The summed E-state index contributed by atoms with van der Waals surface area (Å²) in [7, 11) is 2.86. The number of nitrogens with one attached hydrogen (secondary N) is 1. The molecule has 0 aromatic heterocycles. The molecule has 0 atom stereocenters. The van der Waals surface area contributed by atoms with Gasteiger partial charge in [0.1, 0.15) is 5.75 Å². The molecular weight excluding hydrogens is 336 g/mol. The number of aryl methyl sites for hydroxylation is 2. The van der Waals surface area contributed by atoms with Crippen LogP contribution in [-0.2, 0) is 4.79 Å². The first-order valence-corrected chi connectivity index (χ1v) is 7.91. The molecule has 1 amide bonds. The maximum atomic E-state index is 11.9. The summed E-state index contributed by atoms with van der Waals surface area (Å²) in [4.78, 5) is 11.9. The number of rotatable bonds is 7. The molecule has 0 saturated carbocycles. The number of phenols is 1. The van der Waals surface area contributed by atoms with Gasteiger partial charge in [0.15, 0.2) is 18.1 Å². The van der Waals surface area contributed by atoms with Crippen LogP contribution in [0.3, 0.4) is 0 Å². The molecule has 2 aromatic carbocycles. The van der Waals surface area contributed by atoms with E-state index < -0.39 is 0 Å². The lowest BCUT2D eigenvalue weighted by molar-refractivity contribution is -0.123. The predicted molar refractivity (Wildman–Crippen MR) is 98.4 cm³/mol. The average molecular weight is 358 g/mol. The van der Waals surface area contributed by atoms with Gasteiger partial charge in [-0.05, 0) is 43.2 Å². The van der Waals surface area contributed by atoms with Crippen molar-refractivity contribution in [2.45, 2.75) is 13.8 Å². The summed E-state index contributed by atoms with van der Waals surface area (Å²) >= 11 is 0. The highest BCUT2D eigenvalue weighted by molar-refractivity contribution is 5.84. The third kappa shape index (κ3) is 4.89. The largest absolute Gasteiger partial charge is 0.502 e. The molecule has 2 rings (SSSR count). The van der Waals surface area contributed by atoms with Crippen LogP contribution in [0, 0.1) is 13.8 Å². The summed E-state index contributed by atoms with van der Waals surface area (Å²) in [6, 6.07) is 8.93. The SMILES string of the molecule is COc1cc(C=NNC(=O)COc2cc(C)ccc2C)cc(OC)c1O. The van der Waals surface area contributed by atoms with Crippen LogP contribution in [0.5, 0.6) is 23.0 Å². The molecule has 26 heavy (non-hydrogen) atoms. The van der Waals surface area contributed by atoms with Crippen molar-refractivity contribution in [2.75, 3.05) is 20.8 Å². The van der Waals surface area contributed by atoms with Crippen LogP contribution in [0.25, 0.3) is 0 Å². The summed E-state index contributed by atoms with van der Waals surface area (Å²) in [5.74, 6) is 0.667. The summed E-state index contributed by atoms with van der Waals surface area (Å²) in [6.07, 6.45) is 1.42. The molecule has 0 saturated heterocycles. The van der Waals surface area contributed by atoms with Gasteiger partial charge in [0.25, 0.3) is 5.91 Å². The molecule has 0 bridgehead atoms. The lowest BCUT2D eigenvalue weighted by Crippen LogP contribution is -2.24. The predicted octanol–water partition coefficient (Wildman–Crippen LogP) is 2.56. The van der Waals surface area contributed by atoms with Crippen LogP contribution in [0.2, 0.25) is 0 Å². The molecule has 138 valence electrons. The minimum atomic E-state index is -0.389. The van der Waals surface area contributed by atoms with Crippen molar-refractivity contribution in [3.63, 3.8) is 0 Å². The quantitative estimate of drug-likeness (QED) is 0.586. The van der Waals surface area contributed by atoms with E-state index >= 15 is 0 Å². The zero-order chi connectivity index (χ0) is 19.1. The average Bonchev–Trinajstić information content (AvgIpc) is 2.63. The molecule has 2 N–H and O–H groups in total. The van der Waals surface area contributed by atoms with E-state index in [9.17, 15) is 9.90 Å². The Morgan fingerprint density at radius 2 is 1.77 bits per heavy atom. The number of aromatic hydroxyl groups is 1. The topological polar surface area (TPSA) is 89.4 Å². The van der Waals surface area contributed by atoms with Crippen LogP contribution < -0.4 is 19.6 Å².